The molecule has 44 heavy (non-hydrogen) atoms. The third-order valence-corrected chi connectivity index (χ3v) is 6.90. The van der Waals surface area contributed by atoms with E-state index in [-0.39, 0.29) is 24.4 Å². The standard InChI is InChI=1S/C32H36F2N4O6/c1-4-21(2)12-13-38(29(39)19-35-32(43)36-25-9-7-8-22(14-25)15-31(41)42)27-10-5-6-11-28(27)44-20-30(40)37(3)26-17-23(33)16-24(34)18-26/h5-11,14,16-18,21H,4,12-13,15,19-20H2,1-3H3,(H,41,42)(H2,35,36,43). The molecule has 1 unspecified atom stereocenters. The minimum Gasteiger partial charge on any atom is -0.482 e. The second-order valence-corrected chi connectivity index (χ2v) is 10.3. The molecule has 1 atom stereocenters. The summed E-state index contributed by atoms with van der Waals surface area (Å²) < 4.78 is 33.1. The Morgan fingerprint density at radius 3 is 2.34 bits per heavy atom. The van der Waals surface area contributed by atoms with E-state index in [0.29, 0.717) is 41.9 Å². The largest absolute Gasteiger partial charge is 0.482 e. The van der Waals surface area contributed by atoms with Crippen LogP contribution in [-0.2, 0) is 20.8 Å². The van der Waals surface area contributed by atoms with Crippen LogP contribution in [0, 0.1) is 17.6 Å². The lowest BCUT2D eigenvalue weighted by Crippen LogP contribution is -2.42. The summed E-state index contributed by atoms with van der Waals surface area (Å²) >= 11 is 0. The zero-order valence-corrected chi connectivity index (χ0v) is 24.8. The molecule has 0 aliphatic carbocycles. The van der Waals surface area contributed by atoms with Crippen molar-refractivity contribution in [1.82, 2.24) is 5.32 Å². The average molecular weight is 611 g/mol. The highest BCUT2D eigenvalue weighted by atomic mass is 19.1. The van der Waals surface area contributed by atoms with E-state index in [1.54, 1.807) is 42.5 Å². The van der Waals surface area contributed by atoms with Crippen molar-refractivity contribution in [2.75, 3.05) is 41.9 Å². The first kappa shape index (κ1) is 33.5. The van der Waals surface area contributed by atoms with Gasteiger partial charge in [0.05, 0.1) is 18.7 Å². The van der Waals surface area contributed by atoms with Crippen molar-refractivity contribution in [2.45, 2.75) is 33.1 Å². The Morgan fingerprint density at radius 2 is 1.66 bits per heavy atom. The fraction of sp³-hybridized carbons (Fsp3) is 0.312. The maximum absolute atomic E-state index is 13.7. The normalized spacial score (nSPS) is 11.3. The fourth-order valence-corrected chi connectivity index (χ4v) is 4.21. The monoisotopic (exact) mass is 610 g/mol. The molecule has 0 radical (unpaired) electrons. The van der Waals surface area contributed by atoms with E-state index < -0.39 is 42.1 Å². The van der Waals surface area contributed by atoms with Gasteiger partial charge in [0.15, 0.2) is 6.61 Å². The number of aliphatic carboxylic acids is 1. The summed E-state index contributed by atoms with van der Waals surface area (Å²) in [5.41, 5.74) is 1.29. The summed E-state index contributed by atoms with van der Waals surface area (Å²) in [6.07, 6.45) is 1.35. The smallest absolute Gasteiger partial charge is 0.319 e. The number of para-hydroxylation sites is 2. The highest BCUT2D eigenvalue weighted by Gasteiger charge is 2.22. The van der Waals surface area contributed by atoms with Crippen LogP contribution >= 0.6 is 0 Å². The molecule has 0 aliphatic rings. The van der Waals surface area contributed by atoms with E-state index in [1.165, 1.54) is 18.0 Å². The van der Waals surface area contributed by atoms with Crippen LogP contribution in [0.5, 0.6) is 5.75 Å². The van der Waals surface area contributed by atoms with Crippen molar-refractivity contribution < 1.29 is 37.8 Å². The van der Waals surface area contributed by atoms with Crippen LogP contribution in [0.25, 0.3) is 0 Å². The van der Waals surface area contributed by atoms with Crippen molar-refractivity contribution in [3.63, 3.8) is 0 Å². The maximum Gasteiger partial charge on any atom is 0.319 e. The first-order valence-corrected chi connectivity index (χ1v) is 14.1. The molecule has 0 spiro atoms. The lowest BCUT2D eigenvalue weighted by Gasteiger charge is -2.27. The number of carbonyl (C=O) groups is 4. The Hall–Kier alpha value is -5.00. The molecular weight excluding hydrogens is 574 g/mol. The van der Waals surface area contributed by atoms with E-state index in [2.05, 4.69) is 17.6 Å². The molecule has 3 N–H and O–H groups in total. The van der Waals surface area contributed by atoms with E-state index in [1.807, 2.05) is 6.92 Å². The zero-order valence-electron chi connectivity index (χ0n) is 24.8. The molecule has 0 aromatic heterocycles. The van der Waals surface area contributed by atoms with Gasteiger partial charge < -0.3 is 30.3 Å². The molecule has 3 rings (SSSR count). The Morgan fingerprint density at radius 1 is 0.955 bits per heavy atom. The van der Waals surface area contributed by atoms with Crippen molar-refractivity contribution in [1.29, 1.82) is 0 Å². The van der Waals surface area contributed by atoms with Gasteiger partial charge in [0.1, 0.15) is 17.4 Å². The maximum atomic E-state index is 13.7. The fourth-order valence-electron chi connectivity index (χ4n) is 4.21. The van der Waals surface area contributed by atoms with E-state index in [4.69, 9.17) is 9.84 Å². The summed E-state index contributed by atoms with van der Waals surface area (Å²) in [7, 11) is 1.37. The molecule has 3 aromatic rings. The highest BCUT2D eigenvalue weighted by Crippen LogP contribution is 2.29. The van der Waals surface area contributed by atoms with E-state index >= 15 is 0 Å². The number of rotatable bonds is 14. The number of halogens is 2. The number of nitrogens with one attached hydrogen (secondary N) is 2. The molecule has 10 nitrogen and oxygen atoms in total. The molecular formula is C32H36F2N4O6. The molecule has 4 amide bonds. The zero-order chi connectivity index (χ0) is 32.2. The van der Waals surface area contributed by atoms with Gasteiger partial charge in [0.25, 0.3) is 5.91 Å². The van der Waals surface area contributed by atoms with Gasteiger partial charge in [0.2, 0.25) is 5.91 Å². The van der Waals surface area contributed by atoms with Crippen molar-refractivity contribution in [3.05, 3.63) is 83.9 Å². The van der Waals surface area contributed by atoms with Crippen LogP contribution in [0.2, 0.25) is 0 Å². The number of carbonyl (C=O) groups excluding carboxylic acids is 3. The molecule has 0 saturated carbocycles. The summed E-state index contributed by atoms with van der Waals surface area (Å²) in [6.45, 7) is 3.57. The topological polar surface area (TPSA) is 128 Å². The van der Waals surface area contributed by atoms with Gasteiger partial charge in [-0.15, -0.1) is 0 Å². The van der Waals surface area contributed by atoms with Gasteiger partial charge in [-0.2, -0.15) is 0 Å². The van der Waals surface area contributed by atoms with Crippen molar-refractivity contribution in [3.8, 4) is 5.75 Å². The SMILES string of the molecule is CCC(C)CCN(C(=O)CNC(=O)Nc1cccc(CC(=O)O)c1)c1ccccc1OCC(=O)N(C)c1cc(F)cc(F)c1. The highest BCUT2D eigenvalue weighted by molar-refractivity contribution is 5.99. The third-order valence-electron chi connectivity index (χ3n) is 6.90. The summed E-state index contributed by atoms with van der Waals surface area (Å²) in [5.74, 6) is -3.12. The molecule has 0 bridgehead atoms. The van der Waals surface area contributed by atoms with Crippen LogP contribution in [0.15, 0.2) is 66.7 Å². The Kier molecular flexibility index (Phi) is 12.2. The second kappa shape index (κ2) is 16.0. The van der Waals surface area contributed by atoms with Crippen LogP contribution < -0.4 is 25.2 Å². The van der Waals surface area contributed by atoms with Crippen LogP contribution in [0.3, 0.4) is 0 Å². The molecule has 0 fully saturated rings. The summed E-state index contributed by atoms with van der Waals surface area (Å²) in [4.78, 5) is 52.3. The van der Waals surface area contributed by atoms with Gasteiger partial charge >= 0.3 is 12.0 Å². The number of benzene rings is 3. The molecule has 0 aliphatic heterocycles. The van der Waals surface area contributed by atoms with Gasteiger partial charge in [-0.3, -0.25) is 14.4 Å². The van der Waals surface area contributed by atoms with Crippen LogP contribution in [0.1, 0.15) is 32.3 Å². The first-order valence-electron chi connectivity index (χ1n) is 14.1. The molecule has 234 valence electrons. The predicted molar refractivity (Wildman–Crippen MR) is 163 cm³/mol. The number of anilines is 3. The summed E-state index contributed by atoms with van der Waals surface area (Å²) in [6, 6.07) is 15.1. The minimum atomic E-state index is -1.00. The number of hydrogen-bond donors (Lipinski definition) is 3. The van der Waals surface area contributed by atoms with Gasteiger partial charge in [-0.25, -0.2) is 13.6 Å². The number of hydrogen-bond acceptors (Lipinski definition) is 5. The molecule has 0 saturated heterocycles. The number of urea groups is 1. The van der Waals surface area contributed by atoms with Crippen molar-refractivity contribution in [2.24, 2.45) is 5.92 Å². The average Bonchev–Trinajstić information content (AvgIpc) is 2.98. The Labute approximate surface area is 254 Å². The van der Waals surface area contributed by atoms with Crippen LogP contribution in [-0.4, -0.2) is 55.7 Å². The molecule has 3 aromatic carbocycles. The third kappa shape index (κ3) is 10.1. The Bertz CT molecular complexity index is 1460. The first-order chi connectivity index (χ1) is 21.0. The van der Waals surface area contributed by atoms with Gasteiger partial charge in [0, 0.05) is 31.0 Å². The number of likely N-dealkylation sites (N-methyl/N-ethyl adjacent to an activating group) is 1. The van der Waals surface area contributed by atoms with Crippen LogP contribution in [0.4, 0.5) is 30.6 Å². The molecule has 12 heteroatoms. The lowest BCUT2D eigenvalue weighted by atomic mass is 10.0. The number of carboxylic acid groups (broad SMARTS) is 1. The Balaban J connectivity index is 1.71. The summed E-state index contributed by atoms with van der Waals surface area (Å²) in [5, 5.41) is 14.1. The number of amides is 4. The van der Waals surface area contributed by atoms with E-state index in [0.717, 1.165) is 23.5 Å². The number of nitrogens with zero attached hydrogens (tertiary/aromatic N) is 2. The molecule has 0 heterocycles. The van der Waals surface area contributed by atoms with E-state index in [9.17, 15) is 28.0 Å². The minimum absolute atomic E-state index is 0.0210. The van der Waals surface area contributed by atoms with Gasteiger partial charge in [-0.05, 0) is 54.3 Å². The lowest BCUT2D eigenvalue weighted by molar-refractivity contribution is -0.136. The number of carboxylic acids is 1. The quantitative estimate of drug-likeness (QED) is 0.230. The van der Waals surface area contributed by atoms with Gasteiger partial charge in [-0.1, -0.05) is 44.5 Å². The number of ether oxygens (including phenoxy) is 1. The second-order valence-electron chi connectivity index (χ2n) is 10.3. The van der Waals surface area contributed by atoms with Crippen molar-refractivity contribution >= 4 is 40.9 Å². The predicted octanol–water partition coefficient (Wildman–Crippen LogP) is 5.22.